The summed E-state index contributed by atoms with van der Waals surface area (Å²) in [4.78, 5) is 1.03. The smallest absolute Gasteiger partial charge is 0.271 e. The van der Waals surface area contributed by atoms with E-state index in [9.17, 15) is 13.5 Å². The highest BCUT2D eigenvalue weighted by Gasteiger charge is 2.17. The Morgan fingerprint density at radius 2 is 2.00 bits per heavy atom. The van der Waals surface area contributed by atoms with Crippen molar-refractivity contribution in [1.29, 1.82) is 0 Å². The van der Waals surface area contributed by atoms with Crippen LogP contribution in [0.1, 0.15) is 17.4 Å². The molecule has 0 aliphatic heterocycles. The third kappa shape index (κ3) is 3.08. The molecule has 102 valence electrons. The van der Waals surface area contributed by atoms with Crippen molar-refractivity contribution >= 4 is 27.0 Å². The van der Waals surface area contributed by atoms with Crippen molar-refractivity contribution in [2.45, 2.75) is 24.5 Å². The number of aryl methyl sites for hydroxylation is 2. The lowest BCUT2D eigenvalue weighted by Gasteiger charge is -2.09. The van der Waals surface area contributed by atoms with Crippen LogP contribution in [0.25, 0.3) is 0 Å². The SMILES string of the molecule is CCc1ccc(S(=O)(=O)Nc2ccc(O)cc2C)s1. The van der Waals surface area contributed by atoms with E-state index >= 15 is 0 Å². The fourth-order valence-corrected chi connectivity index (χ4v) is 4.08. The van der Waals surface area contributed by atoms with E-state index in [0.717, 1.165) is 11.3 Å². The molecule has 0 saturated heterocycles. The van der Waals surface area contributed by atoms with Crippen LogP contribution in [0, 0.1) is 6.92 Å². The van der Waals surface area contributed by atoms with Crippen molar-refractivity contribution in [3.63, 3.8) is 0 Å². The molecule has 0 radical (unpaired) electrons. The topological polar surface area (TPSA) is 66.4 Å². The second-order valence-corrected chi connectivity index (χ2v) is 7.26. The van der Waals surface area contributed by atoms with Crippen LogP contribution in [0.5, 0.6) is 5.75 Å². The number of sulfonamides is 1. The van der Waals surface area contributed by atoms with Gasteiger partial charge in [0.15, 0.2) is 0 Å². The van der Waals surface area contributed by atoms with Crippen LogP contribution < -0.4 is 4.72 Å². The van der Waals surface area contributed by atoms with Gasteiger partial charge in [-0.2, -0.15) is 0 Å². The van der Waals surface area contributed by atoms with Crippen molar-refractivity contribution in [2.75, 3.05) is 4.72 Å². The van der Waals surface area contributed by atoms with Gasteiger partial charge in [-0.15, -0.1) is 11.3 Å². The van der Waals surface area contributed by atoms with Crippen LogP contribution in [-0.4, -0.2) is 13.5 Å². The molecule has 1 aromatic heterocycles. The van der Waals surface area contributed by atoms with Crippen molar-refractivity contribution in [3.05, 3.63) is 40.8 Å². The Kier molecular flexibility index (Phi) is 3.82. The maximum absolute atomic E-state index is 12.2. The molecule has 0 aliphatic rings. The molecule has 1 aromatic carbocycles. The van der Waals surface area contributed by atoms with Crippen LogP contribution in [-0.2, 0) is 16.4 Å². The summed E-state index contributed by atoms with van der Waals surface area (Å²) in [7, 11) is -3.55. The first kappa shape index (κ1) is 13.9. The molecule has 4 nitrogen and oxygen atoms in total. The molecule has 0 amide bonds. The summed E-state index contributed by atoms with van der Waals surface area (Å²) in [5, 5.41) is 9.31. The standard InChI is InChI=1S/C13H15NO3S2/c1-3-11-5-7-13(18-11)19(16,17)14-12-6-4-10(15)8-9(12)2/h4-8,14-15H,3H2,1-2H3. The molecule has 0 spiro atoms. The number of hydrogen-bond donors (Lipinski definition) is 2. The summed E-state index contributed by atoms with van der Waals surface area (Å²) < 4.78 is 27.3. The van der Waals surface area contributed by atoms with Gasteiger partial charge in [0.2, 0.25) is 0 Å². The highest BCUT2D eigenvalue weighted by molar-refractivity contribution is 7.94. The highest BCUT2D eigenvalue weighted by atomic mass is 32.2. The average molecular weight is 297 g/mol. The van der Waals surface area contributed by atoms with Gasteiger partial charge in [-0.05, 0) is 49.2 Å². The zero-order valence-electron chi connectivity index (χ0n) is 10.7. The van der Waals surface area contributed by atoms with E-state index in [1.807, 2.05) is 13.0 Å². The maximum Gasteiger partial charge on any atom is 0.271 e. The minimum atomic E-state index is -3.55. The molecule has 0 atom stereocenters. The summed E-state index contributed by atoms with van der Waals surface area (Å²) in [6.45, 7) is 3.73. The van der Waals surface area contributed by atoms with Gasteiger partial charge in [0.25, 0.3) is 10.0 Å². The first-order valence-corrected chi connectivity index (χ1v) is 8.13. The Morgan fingerprint density at radius 1 is 1.26 bits per heavy atom. The predicted molar refractivity (Wildman–Crippen MR) is 77.3 cm³/mol. The first-order valence-electron chi connectivity index (χ1n) is 5.83. The number of phenols is 1. The molecule has 0 fully saturated rings. The minimum absolute atomic E-state index is 0.116. The summed E-state index contributed by atoms with van der Waals surface area (Å²) in [5.74, 6) is 0.116. The summed E-state index contributed by atoms with van der Waals surface area (Å²) >= 11 is 1.27. The van der Waals surface area contributed by atoms with Crippen molar-refractivity contribution in [1.82, 2.24) is 0 Å². The maximum atomic E-state index is 12.2. The van der Waals surface area contributed by atoms with Crippen molar-refractivity contribution < 1.29 is 13.5 Å². The quantitative estimate of drug-likeness (QED) is 0.852. The molecule has 19 heavy (non-hydrogen) atoms. The number of benzene rings is 1. The Balaban J connectivity index is 2.30. The molecule has 0 aliphatic carbocycles. The van der Waals surface area contributed by atoms with E-state index in [4.69, 9.17) is 0 Å². The van der Waals surface area contributed by atoms with Gasteiger partial charge in [-0.25, -0.2) is 8.42 Å². The number of aromatic hydroxyl groups is 1. The van der Waals surface area contributed by atoms with Crippen LogP contribution in [0.15, 0.2) is 34.5 Å². The lowest BCUT2D eigenvalue weighted by molar-refractivity contribution is 0.475. The molecular weight excluding hydrogens is 282 g/mol. The normalized spacial score (nSPS) is 11.5. The van der Waals surface area contributed by atoms with E-state index in [-0.39, 0.29) is 5.75 Å². The fraction of sp³-hybridized carbons (Fsp3) is 0.231. The average Bonchev–Trinajstić information content (AvgIpc) is 2.82. The van der Waals surface area contributed by atoms with Gasteiger partial charge in [-0.1, -0.05) is 6.92 Å². The minimum Gasteiger partial charge on any atom is -0.508 e. The Morgan fingerprint density at radius 3 is 2.58 bits per heavy atom. The number of hydrogen-bond acceptors (Lipinski definition) is 4. The second kappa shape index (κ2) is 5.22. The molecule has 6 heteroatoms. The van der Waals surface area contributed by atoms with Crippen LogP contribution >= 0.6 is 11.3 Å². The van der Waals surface area contributed by atoms with Gasteiger partial charge < -0.3 is 5.11 Å². The Bertz CT molecular complexity index is 690. The zero-order chi connectivity index (χ0) is 14.0. The lowest BCUT2D eigenvalue weighted by Crippen LogP contribution is -2.12. The number of thiophene rings is 1. The summed E-state index contributed by atoms with van der Waals surface area (Å²) in [6.07, 6.45) is 0.818. The van der Waals surface area contributed by atoms with Gasteiger partial charge in [0.05, 0.1) is 5.69 Å². The summed E-state index contributed by atoms with van der Waals surface area (Å²) in [5.41, 5.74) is 1.15. The number of phenolic OH excluding ortho intramolecular Hbond substituents is 1. The number of nitrogens with one attached hydrogen (secondary N) is 1. The second-order valence-electron chi connectivity index (χ2n) is 4.18. The van der Waals surface area contributed by atoms with Gasteiger partial charge in [0, 0.05) is 4.88 Å². The molecule has 2 rings (SSSR count). The highest BCUT2D eigenvalue weighted by Crippen LogP contribution is 2.27. The van der Waals surface area contributed by atoms with Gasteiger partial charge >= 0.3 is 0 Å². The number of anilines is 1. The first-order chi connectivity index (χ1) is 8.92. The molecule has 1 heterocycles. The largest absolute Gasteiger partial charge is 0.508 e. The molecule has 0 bridgehead atoms. The van der Waals surface area contributed by atoms with Gasteiger partial charge in [-0.3, -0.25) is 4.72 Å². The zero-order valence-corrected chi connectivity index (χ0v) is 12.3. The van der Waals surface area contributed by atoms with E-state index in [1.54, 1.807) is 19.1 Å². The van der Waals surface area contributed by atoms with Crippen LogP contribution in [0.3, 0.4) is 0 Å². The molecule has 0 unspecified atom stereocenters. The van der Waals surface area contributed by atoms with E-state index in [0.29, 0.717) is 15.5 Å². The fourth-order valence-electron chi connectivity index (χ4n) is 1.65. The lowest BCUT2D eigenvalue weighted by atomic mass is 10.2. The van der Waals surface area contributed by atoms with Crippen LogP contribution in [0.4, 0.5) is 5.69 Å². The van der Waals surface area contributed by atoms with E-state index in [1.165, 1.54) is 23.5 Å². The van der Waals surface area contributed by atoms with Gasteiger partial charge in [0.1, 0.15) is 9.96 Å². The Hall–Kier alpha value is -1.53. The van der Waals surface area contributed by atoms with Crippen molar-refractivity contribution in [3.8, 4) is 5.75 Å². The monoisotopic (exact) mass is 297 g/mol. The molecule has 2 aromatic rings. The van der Waals surface area contributed by atoms with Crippen molar-refractivity contribution in [2.24, 2.45) is 0 Å². The van der Waals surface area contributed by atoms with Crippen LogP contribution in [0.2, 0.25) is 0 Å². The Labute approximate surface area is 116 Å². The third-order valence-corrected chi connectivity index (χ3v) is 5.79. The molecule has 2 N–H and O–H groups in total. The molecular formula is C13H15NO3S2. The summed E-state index contributed by atoms with van der Waals surface area (Å²) in [6, 6.07) is 7.96. The number of rotatable bonds is 4. The van der Waals surface area contributed by atoms with E-state index in [2.05, 4.69) is 4.72 Å². The predicted octanol–water partition coefficient (Wildman–Crippen LogP) is 3.13. The van der Waals surface area contributed by atoms with E-state index < -0.39 is 10.0 Å². The third-order valence-electron chi connectivity index (χ3n) is 2.70. The molecule has 0 saturated carbocycles.